The van der Waals surface area contributed by atoms with Gasteiger partial charge in [0.05, 0.1) is 10.7 Å². The lowest BCUT2D eigenvalue weighted by molar-refractivity contribution is -0.117. The fourth-order valence-electron chi connectivity index (χ4n) is 2.56. The molecule has 0 fully saturated rings. The van der Waals surface area contributed by atoms with E-state index in [1.54, 1.807) is 32.0 Å². The molecule has 0 aliphatic heterocycles. The Morgan fingerprint density at radius 2 is 1.86 bits per heavy atom. The fraction of sp³-hybridized carbons (Fsp3) is 0.158. The highest BCUT2D eigenvalue weighted by molar-refractivity contribution is 6.32. The molecule has 3 aromatic rings. The number of nitrogens with zero attached hydrogens (tertiary/aromatic N) is 3. The molecule has 0 aliphatic carbocycles. The molecule has 0 aliphatic rings. The molecule has 7 nitrogen and oxygen atoms in total. The summed E-state index contributed by atoms with van der Waals surface area (Å²) in [6.07, 6.45) is 0. The average Bonchev–Trinajstić information content (AvgIpc) is 3.02. The van der Waals surface area contributed by atoms with Gasteiger partial charge in [0.1, 0.15) is 12.4 Å². The molecule has 2 amide bonds. The van der Waals surface area contributed by atoms with Crippen LogP contribution < -0.4 is 10.6 Å². The average molecular weight is 436 g/mol. The number of aromatic nitrogens is 3. The third-order valence-corrected chi connectivity index (χ3v) is 4.91. The Hall–Kier alpha value is -2.97. The van der Waals surface area contributed by atoms with E-state index >= 15 is 0 Å². The molecular formula is C19H16Cl2FN5O2. The van der Waals surface area contributed by atoms with Crippen molar-refractivity contribution in [2.24, 2.45) is 0 Å². The number of carbonyl (C=O) groups is 2. The molecule has 2 N–H and O–H groups in total. The van der Waals surface area contributed by atoms with Gasteiger partial charge in [-0.2, -0.15) is 0 Å². The summed E-state index contributed by atoms with van der Waals surface area (Å²) in [6.45, 7) is 3.23. The van der Waals surface area contributed by atoms with Crippen LogP contribution in [0, 0.1) is 19.7 Å². The van der Waals surface area contributed by atoms with Crippen molar-refractivity contribution in [1.29, 1.82) is 0 Å². The normalized spacial score (nSPS) is 10.7. The van der Waals surface area contributed by atoms with E-state index in [2.05, 4.69) is 20.9 Å². The highest BCUT2D eigenvalue weighted by Crippen LogP contribution is 2.23. The van der Waals surface area contributed by atoms with E-state index < -0.39 is 17.6 Å². The number of halogens is 3. The lowest BCUT2D eigenvalue weighted by Gasteiger charge is -2.09. The van der Waals surface area contributed by atoms with Crippen LogP contribution in [0.1, 0.15) is 21.7 Å². The SMILES string of the molecule is Cc1c(Cl)cccc1NC(=O)c1nnn(CC(=O)Nc2ccc(F)c(Cl)c2)c1C. The third kappa shape index (κ3) is 4.72. The first-order valence-electron chi connectivity index (χ1n) is 8.47. The van der Waals surface area contributed by atoms with Crippen LogP contribution in [0.5, 0.6) is 0 Å². The number of nitrogens with one attached hydrogen (secondary N) is 2. The van der Waals surface area contributed by atoms with Gasteiger partial charge in [0, 0.05) is 16.4 Å². The van der Waals surface area contributed by atoms with Crippen LogP contribution in [-0.2, 0) is 11.3 Å². The number of amides is 2. The Morgan fingerprint density at radius 1 is 1.10 bits per heavy atom. The van der Waals surface area contributed by atoms with Gasteiger partial charge in [-0.25, -0.2) is 9.07 Å². The molecule has 0 unspecified atom stereocenters. The van der Waals surface area contributed by atoms with E-state index in [-0.39, 0.29) is 17.3 Å². The van der Waals surface area contributed by atoms with E-state index in [4.69, 9.17) is 23.2 Å². The zero-order valence-corrected chi connectivity index (χ0v) is 17.0. The molecule has 2 aromatic carbocycles. The molecular weight excluding hydrogens is 420 g/mol. The Labute approximate surface area is 175 Å². The van der Waals surface area contributed by atoms with Gasteiger partial charge in [0.15, 0.2) is 5.69 Å². The maximum absolute atomic E-state index is 13.2. The van der Waals surface area contributed by atoms with Crippen molar-refractivity contribution in [3.05, 3.63) is 69.2 Å². The topological polar surface area (TPSA) is 88.9 Å². The fourth-order valence-corrected chi connectivity index (χ4v) is 2.91. The molecule has 0 spiro atoms. The van der Waals surface area contributed by atoms with Gasteiger partial charge in [0.25, 0.3) is 5.91 Å². The second-order valence-corrected chi connectivity index (χ2v) is 7.04. The number of carbonyl (C=O) groups excluding carboxylic acids is 2. The van der Waals surface area contributed by atoms with E-state index in [9.17, 15) is 14.0 Å². The maximum Gasteiger partial charge on any atom is 0.278 e. The Balaban J connectivity index is 1.69. The number of hydrogen-bond acceptors (Lipinski definition) is 4. The lowest BCUT2D eigenvalue weighted by Crippen LogP contribution is -2.21. The van der Waals surface area contributed by atoms with Crippen LogP contribution >= 0.6 is 23.2 Å². The van der Waals surface area contributed by atoms with Gasteiger partial charge in [-0.1, -0.05) is 34.5 Å². The Bertz CT molecular complexity index is 1100. The Kier molecular flexibility index (Phi) is 6.14. The summed E-state index contributed by atoms with van der Waals surface area (Å²) in [6, 6.07) is 9.01. The largest absolute Gasteiger partial charge is 0.324 e. The second-order valence-electron chi connectivity index (χ2n) is 6.22. The quantitative estimate of drug-likeness (QED) is 0.627. The zero-order chi connectivity index (χ0) is 21.1. The highest BCUT2D eigenvalue weighted by atomic mass is 35.5. The summed E-state index contributed by atoms with van der Waals surface area (Å²) in [5.41, 5.74) is 2.12. The first-order chi connectivity index (χ1) is 13.8. The van der Waals surface area contributed by atoms with Crippen molar-refractivity contribution in [3.8, 4) is 0 Å². The van der Waals surface area contributed by atoms with E-state index in [0.717, 1.165) is 11.6 Å². The number of anilines is 2. The number of rotatable bonds is 5. The minimum Gasteiger partial charge on any atom is -0.324 e. The predicted molar refractivity (Wildman–Crippen MR) is 109 cm³/mol. The van der Waals surface area contributed by atoms with Crippen LogP contribution in [0.15, 0.2) is 36.4 Å². The molecule has 150 valence electrons. The molecule has 10 heteroatoms. The minimum absolute atomic E-state index is 0.0852. The third-order valence-electron chi connectivity index (χ3n) is 4.21. The lowest BCUT2D eigenvalue weighted by atomic mass is 10.2. The summed E-state index contributed by atoms with van der Waals surface area (Å²) >= 11 is 11.8. The first kappa shape index (κ1) is 20.8. The summed E-state index contributed by atoms with van der Waals surface area (Å²) < 4.78 is 14.5. The van der Waals surface area contributed by atoms with E-state index in [1.165, 1.54) is 16.8 Å². The monoisotopic (exact) mass is 435 g/mol. The van der Waals surface area contributed by atoms with Crippen LogP contribution in [0.2, 0.25) is 10.0 Å². The van der Waals surface area contributed by atoms with Crippen molar-refractivity contribution in [2.45, 2.75) is 20.4 Å². The van der Waals surface area contributed by atoms with Crippen molar-refractivity contribution < 1.29 is 14.0 Å². The van der Waals surface area contributed by atoms with Crippen molar-refractivity contribution in [2.75, 3.05) is 10.6 Å². The molecule has 0 bridgehead atoms. The van der Waals surface area contributed by atoms with Gasteiger partial charge < -0.3 is 10.6 Å². The smallest absolute Gasteiger partial charge is 0.278 e. The molecule has 0 radical (unpaired) electrons. The Morgan fingerprint density at radius 3 is 2.59 bits per heavy atom. The predicted octanol–water partition coefficient (Wildman–Crippen LogP) is 4.23. The van der Waals surface area contributed by atoms with Crippen LogP contribution in [-0.4, -0.2) is 26.8 Å². The molecule has 0 atom stereocenters. The van der Waals surface area contributed by atoms with Gasteiger partial charge in [-0.05, 0) is 49.7 Å². The van der Waals surface area contributed by atoms with Gasteiger partial charge in [-0.15, -0.1) is 5.10 Å². The van der Waals surface area contributed by atoms with Gasteiger partial charge >= 0.3 is 0 Å². The molecule has 0 saturated heterocycles. The summed E-state index contributed by atoms with van der Waals surface area (Å²) in [5, 5.41) is 13.5. The summed E-state index contributed by atoms with van der Waals surface area (Å²) in [4.78, 5) is 24.8. The first-order valence-corrected chi connectivity index (χ1v) is 9.23. The van der Waals surface area contributed by atoms with E-state index in [1.807, 2.05) is 0 Å². The standard InChI is InChI=1S/C19H16Cl2FN5O2/c1-10-13(20)4-3-5-16(10)24-19(29)18-11(2)27(26-25-18)9-17(28)23-12-6-7-15(22)14(21)8-12/h3-8H,9H2,1-2H3,(H,23,28)(H,24,29). The van der Waals surface area contributed by atoms with Crippen molar-refractivity contribution in [3.63, 3.8) is 0 Å². The molecule has 1 heterocycles. The summed E-state index contributed by atoms with van der Waals surface area (Å²) in [7, 11) is 0. The molecule has 29 heavy (non-hydrogen) atoms. The molecule has 0 saturated carbocycles. The minimum atomic E-state index is -0.581. The zero-order valence-electron chi connectivity index (χ0n) is 15.5. The van der Waals surface area contributed by atoms with Gasteiger partial charge in [0.2, 0.25) is 5.91 Å². The second kappa shape index (κ2) is 8.59. The molecule has 1 aromatic heterocycles. The van der Waals surface area contributed by atoms with Crippen molar-refractivity contribution >= 4 is 46.4 Å². The highest BCUT2D eigenvalue weighted by Gasteiger charge is 2.19. The number of benzene rings is 2. The van der Waals surface area contributed by atoms with Crippen molar-refractivity contribution in [1.82, 2.24) is 15.0 Å². The van der Waals surface area contributed by atoms with Crippen LogP contribution in [0.25, 0.3) is 0 Å². The summed E-state index contributed by atoms with van der Waals surface area (Å²) in [5.74, 6) is -1.48. The van der Waals surface area contributed by atoms with E-state index in [0.29, 0.717) is 22.1 Å². The van der Waals surface area contributed by atoms with Gasteiger partial charge in [-0.3, -0.25) is 9.59 Å². The maximum atomic E-state index is 13.2. The van der Waals surface area contributed by atoms with Crippen LogP contribution in [0.3, 0.4) is 0 Å². The molecule has 3 rings (SSSR count). The van der Waals surface area contributed by atoms with Crippen LogP contribution in [0.4, 0.5) is 15.8 Å². The number of hydrogen-bond donors (Lipinski definition) is 2.